The molecule has 4 aliphatic rings. The van der Waals surface area contributed by atoms with E-state index in [9.17, 15) is 0 Å². The average Bonchev–Trinajstić information content (AvgIpc) is 3.60. The van der Waals surface area contributed by atoms with E-state index in [1.165, 1.54) is 0 Å². The number of H-pyrrole nitrogens is 1. The lowest BCUT2D eigenvalue weighted by atomic mass is 10.0. The second-order valence-electron chi connectivity index (χ2n) is 7.71. The van der Waals surface area contributed by atoms with E-state index in [2.05, 4.69) is 58.2 Å². The summed E-state index contributed by atoms with van der Waals surface area (Å²) in [4.78, 5) is 13.1. The van der Waals surface area contributed by atoms with E-state index in [4.69, 9.17) is 14.7 Å². The van der Waals surface area contributed by atoms with Gasteiger partial charge in [0, 0.05) is 16.3 Å². The molecule has 6 heteroatoms. The van der Waals surface area contributed by atoms with E-state index in [1.807, 2.05) is 36.4 Å². The van der Waals surface area contributed by atoms with Gasteiger partial charge in [0.25, 0.3) is 0 Å². The van der Waals surface area contributed by atoms with Crippen LogP contribution < -0.4 is 20.8 Å². The van der Waals surface area contributed by atoms with Crippen LogP contribution in [0.3, 0.4) is 0 Å². The Hall–Kier alpha value is -3.77. The number of nitrogens with zero attached hydrogens (tertiary/aromatic N) is 2. The van der Waals surface area contributed by atoms with Crippen molar-refractivity contribution in [3.05, 3.63) is 106 Å². The number of aromatic amines is 1. The van der Waals surface area contributed by atoms with Crippen molar-refractivity contribution in [1.29, 1.82) is 0 Å². The second kappa shape index (κ2) is 7.73. The number of aromatic nitrogens is 1. The summed E-state index contributed by atoms with van der Waals surface area (Å²) in [6.45, 7) is 0. The molecule has 2 aromatic rings. The van der Waals surface area contributed by atoms with Crippen LogP contribution in [0.5, 0.6) is 5.75 Å². The van der Waals surface area contributed by atoms with Crippen LogP contribution in [0, 0.1) is 0 Å². The zero-order valence-electron chi connectivity index (χ0n) is 17.4. The molecule has 156 valence electrons. The van der Waals surface area contributed by atoms with Crippen LogP contribution in [0.25, 0.3) is 17.7 Å². The number of fused-ring (bicyclic) bond motifs is 6. The van der Waals surface area contributed by atoms with Gasteiger partial charge in [-0.05, 0) is 77.8 Å². The Kier molecular flexibility index (Phi) is 4.58. The number of aliphatic imine (C=N–C) groups is 2. The van der Waals surface area contributed by atoms with Gasteiger partial charge in [-0.25, -0.2) is 9.98 Å². The molecule has 6 rings (SSSR count). The number of nitrogens with one attached hydrogen (secondary N) is 2. The summed E-state index contributed by atoms with van der Waals surface area (Å²) >= 11 is 1.75. The van der Waals surface area contributed by atoms with Crippen molar-refractivity contribution < 1.29 is 4.74 Å². The topological polar surface area (TPSA) is 61.8 Å². The number of rotatable bonds is 2. The van der Waals surface area contributed by atoms with Gasteiger partial charge < -0.3 is 15.0 Å². The summed E-state index contributed by atoms with van der Waals surface area (Å²) in [7, 11) is 1.68. The van der Waals surface area contributed by atoms with E-state index in [1.54, 1.807) is 18.9 Å². The number of thioether (sulfide) groups is 1. The summed E-state index contributed by atoms with van der Waals surface area (Å²) in [5.41, 5.74) is 6.84. The van der Waals surface area contributed by atoms with E-state index >= 15 is 0 Å². The number of hydrogen-bond donors (Lipinski definition) is 2. The number of benzene rings is 1. The van der Waals surface area contributed by atoms with Crippen LogP contribution in [-0.4, -0.2) is 28.9 Å². The maximum absolute atomic E-state index is 5.35. The number of hydrogen-bond acceptors (Lipinski definition) is 5. The fourth-order valence-corrected chi connectivity index (χ4v) is 4.90. The van der Waals surface area contributed by atoms with Crippen LogP contribution in [-0.2, 0) is 0 Å². The maximum atomic E-state index is 5.35. The minimum absolute atomic E-state index is 0.127. The van der Waals surface area contributed by atoms with Gasteiger partial charge in [0.2, 0.25) is 0 Å². The first-order chi connectivity index (χ1) is 15.7. The molecule has 0 saturated carbocycles. The molecule has 1 aromatic heterocycles. The third-order valence-corrected chi connectivity index (χ3v) is 6.46. The van der Waals surface area contributed by atoms with Crippen molar-refractivity contribution >= 4 is 40.9 Å². The van der Waals surface area contributed by atoms with Crippen molar-refractivity contribution in [3.8, 4) is 5.75 Å². The Morgan fingerprint density at radius 3 is 2.56 bits per heavy atom. The number of methoxy groups -OCH3 is 1. The lowest BCUT2D eigenvalue weighted by molar-refractivity contribution is 0.415. The van der Waals surface area contributed by atoms with Crippen LogP contribution in [0.4, 0.5) is 0 Å². The van der Waals surface area contributed by atoms with Gasteiger partial charge in [0.05, 0.1) is 41.0 Å². The minimum atomic E-state index is 0.127. The molecule has 0 amide bonds. The normalized spacial score (nSPS) is 20.7. The molecule has 0 saturated heterocycles. The van der Waals surface area contributed by atoms with Crippen molar-refractivity contribution in [2.45, 2.75) is 5.37 Å². The largest absolute Gasteiger partial charge is 0.497 e. The highest BCUT2D eigenvalue weighted by atomic mass is 32.2. The van der Waals surface area contributed by atoms with Crippen molar-refractivity contribution in [1.82, 2.24) is 10.3 Å². The lowest BCUT2D eigenvalue weighted by Gasteiger charge is -2.14. The first-order valence-corrected chi connectivity index (χ1v) is 11.3. The van der Waals surface area contributed by atoms with Gasteiger partial charge >= 0.3 is 0 Å². The summed E-state index contributed by atoms with van der Waals surface area (Å²) < 4.78 is 5.35. The van der Waals surface area contributed by atoms with Crippen LogP contribution in [0.1, 0.15) is 5.56 Å². The fourth-order valence-electron chi connectivity index (χ4n) is 4.01. The lowest BCUT2D eigenvalue weighted by Crippen LogP contribution is -2.22. The Balaban J connectivity index is 1.52. The van der Waals surface area contributed by atoms with Crippen LogP contribution >= 0.6 is 11.8 Å². The van der Waals surface area contributed by atoms with E-state index in [-0.39, 0.29) is 5.37 Å². The average molecular weight is 437 g/mol. The summed E-state index contributed by atoms with van der Waals surface area (Å²) in [6.07, 6.45) is 14.4. The first kappa shape index (κ1) is 19.0. The maximum Gasteiger partial charge on any atom is 0.118 e. The van der Waals surface area contributed by atoms with Gasteiger partial charge in [0.15, 0.2) is 0 Å². The quantitative estimate of drug-likeness (QED) is 0.759. The molecular weight excluding hydrogens is 416 g/mol. The minimum Gasteiger partial charge on any atom is -0.497 e. The Morgan fingerprint density at radius 2 is 1.69 bits per heavy atom. The molecule has 0 fully saturated rings. The van der Waals surface area contributed by atoms with Crippen molar-refractivity contribution in [2.75, 3.05) is 7.11 Å². The molecule has 5 heterocycles. The molecule has 1 aromatic carbocycles. The molecule has 0 radical (unpaired) electrons. The molecular formula is C26H20N4OS. The van der Waals surface area contributed by atoms with Crippen molar-refractivity contribution in [2.24, 2.45) is 9.98 Å². The van der Waals surface area contributed by atoms with Crippen LogP contribution in [0.2, 0.25) is 0 Å². The SMILES string of the molecule is COc1ccc(C2=C3C=CC(=N3)C=C3C=CC(=N3)C=c3ccc([nH]3)=CC3NC2=CS3)cc1. The smallest absolute Gasteiger partial charge is 0.118 e. The zero-order valence-corrected chi connectivity index (χ0v) is 18.2. The Morgan fingerprint density at radius 1 is 0.875 bits per heavy atom. The van der Waals surface area contributed by atoms with Crippen molar-refractivity contribution in [3.63, 3.8) is 0 Å². The van der Waals surface area contributed by atoms with E-state index in [0.717, 1.165) is 56.1 Å². The van der Waals surface area contributed by atoms with Gasteiger partial charge in [-0.3, -0.25) is 0 Å². The number of allylic oxidation sites excluding steroid dienone is 6. The molecule has 1 unspecified atom stereocenters. The fraction of sp³-hybridized carbons (Fsp3) is 0.0769. The highest BCUT2D eigenvalue weighted by Crippen LogP contribution is 2.36. The predicted molar refractivity (Wildman–Crippen MR) is 133 cm³/mol. The summed E-state index contributed by atoms with van der Waals surface area (Å²) in [5.74, 6) is 0.832. The molecule has 32 heavy (non-hydrogen) atoms. The van der Waals surface area contributed by atoms with E-state index < -0.39 is 0 Å². The third-order valence-electron chi connectivity index (χ3n) is 5.54. The van der Waals surface area contributed by atoms with Gasteiger partial charge in [0.1, 0.15) is 5.75 Å². The van der Waals surface area contributed by atoms with Gasteiger partial charge in [-0.1, -0.05) is 12.1 Å². The molecule has 5 nitrogen and oxygen atoms in total. The van der Waals surface area contributed by atoms with Gasteiger partial charge in [-0.15, -0.1) is 11.8 Å². The molecule has 0 spiro atoms. The molecule has 2 N–H and O–H groups in total. The molecule has 4 aliphatic heterocycles. The summed E-state index contributed by atoms with van der Waals surface area (Å²) in [5, 5.41) is 8.06. The molecule has 1 atom stereocenters. The molecule has 8 bridgehead atoms. The highest BCUT2D eigenvalue weighted by Gasteiger charge is 2.22. The zero-order chi connectivity index (χ0) is 21.5. The third kappa shape index (κ3) is 3.59. The standard InChI is InChI=1S/C26H20N4OS/c1-31-22-9-2-16(3-10-22)26-23-11-8-20(29-23)13-19-5-4-17(27-19)12-18-6-7-21(28-18)14-25-30-24(26)15-32-25/h2-15,25,28,30H,1H3. The summed E-state index contributed by atoms with van der Waals surface area (Å²) in [6, 6.07) is 12.3. The molecule has 0 aliphatic carbocycles. The first-order valence-electron chi connectivity index (χ1n) is 10.4. The Labute approximate surface area is 189 Å². The Bertz CT molecular complexity index is 1450. The van der Waals surface area contributed by atoms with E-state index in [0.29, 0.717) is 0 Å². The monoisotopic (exact) mass is 436 g/mol. The predicted octanol–water partition coefficient (Wildman–Crippen LogP) is 3.42. The number of ether oxygens (including phenoxy) is 1. The van der Waals surface area contributed by atoms with Crippen LogP contribution in [0.15, 0.2) is 99.3 Å². The highest BCUT2D eigenvalue weighted by molar-refractivity contribution is 8.03. The van der Waals surface area contributed by atoms with Gasteiger partial charge in [-0.2, -0.15) is 0 Å². The second-order valence-corrected chi connectivity index (χ2v) is 8.73.